The van der Waals surface area contributed by atoms with Crippen LogP contribution in [0.3, 0.4) is 0 Å². The summed E-state index contributed by atoms with van der Waals surface area (Å²) in [7, 11) is 0. The third-order valence-electron chi connectivity index (χ3n) is 4.17. The number of pyridine rings is 1. The normalized spacial score (nSPS) is 29.5. The van der Waals surface area contributed by atoms with Crippen LogP contribution < -0.4 is 5.73 Å². The van der Waals surface area contributed by atoms with Crippen molar-refractivity contribution in [2.75, 3.05) is 0 Å². The molecule has 2 rings (SSSR count). The van der Waals surface area contributed by atoms with Crippen molar-refractivity contribution in [1.82, 2.24) is 4.98 Å². The van der Waals surface area contributed by atoms with Crippen molar-refractivity contribution in [2.24, 2.45) is 17.6 Å². The van der Waals surface area contributed by atoms with Crippen molar-refractivity contribution in [1.29, 1.82) is 0 Å². The van der Waals surface area contributed by atoms with Crippen LogP contribution in [0, 0.1) is 11.8 Å². The number of hydrogen-bond acceptors (Lipinski definition) is 2. The average molecular weight is 232 g/mol. The second kappa shape index (κ2) is 5.18. The Morgan fingerprint density at radius 2 is 2.12 bits per heavy atom. The van der Waals surface area contributed by atoms with E-state index in [0.717, 1.165) is 18.3 Å². The predicted octanol–water partition coefficient (Wildman–Crippen LogP) is 3.17. The minimum Gasteiger partial charge on any atom is -0.325 e. The smallest absolute Gasteiger partial charge is 0.0270 e. The lowest BCUT2D eigenvalue weighted by Crippen LogP contribution is -2.47. The van der Waals surface area contributed by atoms with E-state index in [1.807, 2.05) is 12.4 Å². The van der Waals surface area contributed by atoms with Crippen molar-refractivity contribution in [2.45, 2.75) is 51.5 Å². The van der Waals surface area contributed by atoms with Gasteiger partial charge in [0, 0.05) is 17.9 Å². The largest absolute Gasteiger partial charge is 0.325 e. The van der Waals surface area contributed by atoms with Gasteiger partial charge in [0.05, 0.1) is 0 Å². The predicted molar refractivity (Wildman–Crippen MR) is 71.7 cm³/mol. The van der Waals surface area contributed by atoms with Crippen LogP contribution in [0.4, 0.5) is 0 Å². The van der Waals surface area contributed by atoms with Gasteiger partial charge >= 0.3 is 0 Å². The lowest BCUT2D eigenvalue weighted by Gasteiger charge is -2.40. The van der Waals surface area contributed by atoms with E-state index >= 15 is 0 Å². The fourth-order valence-corrected chi connectivity index (χ4v) is 3.08. The first-order valence-electron chi connectivity index (χ1n) is 6.77. The van der Waals surface area contributed by atoms with Gasteiger partial charge in [-0.1, -0.05) is 26.7 Å². The number of nitrogens with zero attached hydrogens (tertiary/aromatic N) is 1. The lowest BCUT2D eigenvalue weighted by atomic mass is 9.70. The van der Waals surface area contributed by atoms with Crippen LogP contribution in [-0.2, 0) is 6.42 Å². The summed E-state index contributed by atoms with van der Waals surface area (Å²) in [5.74, 6) is 1.56. The molecule has 0 aliphatic heterocycles. The molecule has 1 heterocycles. The average Bonchev–Trinajstić information content (AvgIpc) is 2.29. The Kier molecular flexibility index (Phi) is 3.82. The zero-order chi connectivity index (χ0) is 12.3. The van der Waals surface area contributed by atoms with Crippen LogP contribution in [0.1, 0.15) is 45.1 Å². The first kappa shape index (κ1) is 12.6. The zero-order valence-electron chi connectivity index (χ0n) is 11.0. The molecule has 0 radical (unpaired) electrons. The lowest BCUT2D eigenvalue weighted by molar-refractivity contribution is 0.182. The topological polar surface area (TPSA) is 38.9 Å². The highest BCUT2D eigenvalue weighted by atomic mass is 14.7. The van der Waals surface area contributed by atoms with Crippen molar-refractivity contribution < 1.29 is 0 Å². The number of aromatic nitrogens is 1. The van der Waals surface area contributed by atoms with Crippen molar-refractivity contribution in [3.05, 3.63) is 30.1 Å². The molecule has 1 fully saturated rings. The summed E-state index contributed by atoms with van der Waals surface area (Å²) >= 11 is 0. The van der Waals surface area contributed by atoms with Gasteiger partial charge in [-0.15, -0.1) is 0 Å². The van der Waals surface area contributed by atoms with E-state index in [9.17, 15) is 0 Å². The summed E-state index contributed by atoms with van der Waals surface area (Å²) < 4.78 is 0. The Labute approximate surface area is 105 Å². The van der Waals surface area contributed by atoms with E-state index < -0.39 is 0 Å². The van der Waals surface area contributed by atoms with E-state index in [1.54, 1.807) is 0 Å². The van der Waals surface area contributed by atoms with Gasteiger partial charge in [0.25, 0.3) is 0 Å². The van der Waals surface area contributed by atoms with Crippen LogP contribution in [0.15, 0.2) is 24.5 Å². The van der Waals surface area contributed by atoms with Gasteiger partial charge in [-0.25, -0.2) is 0 Å². The van der Waals surface area contributed by atoms with Gasteiger partial charge in [0.15, 0.2) is 0 Å². The van der Waals surface area contributed by atoms with Gasteiger partial charge in [-0.2, -0.15) is 0 Å². The highest BCUT2D eigenvalue weighted by Crippen LogP contribution is 2.36. The van der Waals surface area contributed by atoms with Gasteiger partial charge in [0.1, 0.15) is 0 Å². The molecule has 2 N–H and O–H groups in total. The minimum atomic E-state index is 0.00847. The summed E-state index contributed by atoms with van der Waals surface area (Å²) in [6.07, 6.45) is 9.70. The van der Waals surface area contributed by atoms with Gasteiger partial charge in [-0.3, -0.25) is 4.98 Å². The monoisotopic (exact) mass is 232 g/mol. The third kappa shape index (κ3) is 3.29. The number of rotatable bonds is 3. The molecule has 94 valence electrons. The summed E-state index contributed by atoms with van der Waals surface area (Å²) in [6.45, 7) is 4.64. The molecule has 1 aromatic rings. The molecule has 2 unspecified atom stereocenters. The fourth-order valence-electron chi connectivity index (χ4n) is 3.08. The van der Waals surface area contributed by atoms with Crippen LogP contribution >= 0.6 is 0 Å². The molecule has 2 heteroatoms. The second-order valence-electron chi connectivity index (χ2n) is 6.00. The molecule has 0 aromatic carbocycles. The minimum absolute atomic E-state index is 0.00847. The maximum absolute atomic E-state index is 6.60. The Bertz CT molecular complexity index is 347. The molecule has 2 nitrogen and oxygen atoms in total. The first-order chi connectivity index (χ1) is 8.09. The highest BCUT2D eigenvalue weighted by Gasteiger charge is 2.33. The van der Waals surface area contributed by atoms with E-state index in [4.69, 9.17) is 5.73 Å². The number of nitrogens with two attached hydrogens (primary N) is 1. The molecule has 0 amide bonds. The first-order valence-corrected chi connectivity index (χ1v) is 6.77. The highest BCUT2D eigenvalue weighted by molar-refractivity contribution is 5.14. The Morgan fingerprint density at radius 1 is 1.41 bits per heavy atom. The van der Waals surface area contributed by atoms with Gasteiger partial charge < -0.3 is 5.73 Å². The van der Waals surface area contributed by atoms with Crippen LogP contribution in [0.2, 0.25) is 0 Å². The van der Waals surface area contributed by atoms with E-state index in [2.05, 4.69) is 31.0 Å². The maximum Gasteiger partial charge on any atom is 0.0270 e. The SMILES string of the molecule is CC(C)C1CCCC(N)(Cc2ccncc2)C1. The molecular formula is C15H24N2. The molecule has 1 saturated carbocycles. The molecule has 1 aromatic heterocycles. The maximum atomic E-state index is 6.60. The van der Waals surface area contributed by atoms with Crippen molar-refractivity contribution in [3.63, 3.8) is 0 Å². The zero-order valence-corrected chi connectivity index (χ0v) is 11.0. The molecule has 1 aliphatic rings. The number of hydrogen-bond donors (Lipinski definition) is 1. The van der Waals surface area contributed by atoms with E-state index in [1.165, 1.54) is 31.2 Å². The molecule has 0 bridgehead atoms. The summed E-state index contributed by atoms with van der Waals surface area (Å²) in [5, 5.41) is 0. The van der Waals surface area contributed by atoms with Crippen LogP contribution in [0.5, 0.6) is 0 Å². The molecule has 0 saturated heterocycles. The van der Waals surface area contributed by atoms with Crippen LogP contribution in [0.25, 0.3) is 0 Å². The summed E-state index contributed by atoms with van der Waals surface area (Å²) in [4.78, 5) is 4.06. The third-order valence-corrected chi connectivity index (χ3v) is 4.17. The Hall–Kier alpha value is -0.890. The molecule has 1 aliphatic carbocycles. The summed E-state index contributed by atoms with van der Waals surface area (Å²) in [5.41, 5.74) is 7.93. The molecular weight excluding hydrogens is 208 g/mol. The standard InChI is InChI=1S/C15H24N2/c1-12(2)14-4-3-7-15(16,11-14)10-13-5-8-17-9-6-13/h5-6,8-9,12,14H,3-4,7,10-11,16H2,1-2H3. The van der Waals surface area contributed by atoms with Crippen molar-refractivity contribution >= 4 is 0 Å². The quantitative estimate of drug-likeness (QED) is 0.869. The van der Waals surface area contributed by atoms with Crippen molar-refractivity contribution in [3.8, 4) is 0 Å². The van der Waals surface area contributed by atoms with Gasteiger partial charge in [-0.05, 0) is 48.8 Å². The molecule has 0 spiro atoms. The van der Waals surface area contributed by atoms with E-state index in [0.29, 0.717) is 0 Å². The van der Waals surface area contributed by atoms with E-state index in [-0.39, 0.29) is 5.54 Å². The van der Waals surface area contributed by atoms with Crippen LogP contribution in [-0.4, -0.2) is 10.5 Å². The summed E-state index contributed by atoms with van der Waals surface area (Å²) in [6, 6.07) is 4.18. The second-order valence-corrected chi connectivity index (χ2v) is 6.00. The Balaban J connectivity index is 2.03. The molecule has 2 atom stereocenters. The molecule has 17 heavy (non-hydrogen) atoms. The Morgan fingerprint density at radius 3 is 2.76 bits per heavy atom. The van der Waals surface area contributed by atoms with Gasteiger partial charge in [0.2, 0.25) is 0 Å². The fraction of sp³-hybridized carbons (Fsp3) is 0.667.